The molecule has 2 nitrogen and oxygen atoms in total. The van der Waals surface area contributed by atoms with Crippen LogP contribution >= 0.6 is 0 Å². The van der Waals surface area contributed by atoms with Crippen LogP contribution in [0.2, 0.25) is 0 Å². The molecule has 1 heterocycles. The van der Waals surface area contributed by atoms with Gasteiger partial charge < -0.3 is 10.3 Å². The quantitative estimate of drug-likeness (QED) is 0.823. The minimum atomic E-state index is 0.374. The van der Waals surface area contributed by atoms with Gasteiger partial charge in [-0.1, -0.05) is 23.8 Å². The van der Waals surface area contributed by atoms with Gasteiger partial charge in [0.2, 0.25) is 0 Å². The molecule has 1 aromatic heterocycles. The van der Waals surface area contributed by atoms with Crippen LogP contribution in [0.15, 0.2) is 36.5 Å². The fraction of sp³-hybridized carbons (Fsp3) is 0.333. The summed E-state index contributed by atoms with van der Waals surface area (Å²) < 4.78 is 0. The Morgan fingerprint density at radius 3 is 2.71 bits per heavy atom. The van der Waals surface area contributed by atoms with Crippen molar-refractivity contribution in [1.82, 2.24) is 10.3 Å². The lowest BCUT2D eigenvalue weighted by Crippen LogP contribution is -2.19. The molecule has 1 aromatic carbocycles. The zero-order chi connectivity index (χ0) is 12.3. The average molecular weight is 228 g/mol. The number of H-pyrrole nitrogens is 1. The highest BCUT2D eigenvalue weighted by atomic mass is 14.9. The van der Waals surface area contributed by atoms with Crippen LogP contribution in [0.1, 0.15) is 35.3 Å². The van der Waals surface area contributed by atoms with Crippen LogP contribution in [0.3, 0.4) is 0 Å². The molecular formula is C15H20N2. The summed E-state index contributed by atoms with van der Waals surface area (Å²) in [6, 6.07) is 11.1. The summed E-state index contributed by atoms with van der Waals surface area (Å²) in [4.78, 5) is 3.21. The molecule has 2 N–H and O–H groups in total. The predicted molar refractivity (Wildman–Crippen MR) is 72.0 cm³/mol. The van der Waals surface area contributed by atoms with Crippen molar-refractivity contribution in [3.8, 4) is 0 Å². The maximum absolute atomic E-state index is 3.53. The number of hydrogen-bond donors (Lipinski definition) is 2. The van der Waals surface area contributed by atoms with Crippen LogP contribution in [-0.4, -0.2) is 4.98 Å². The van der Waals surface area contributed by atoms with E-state index in [-0.39, 0.29) is 0 Å². The number of aryl methyl sites for hydroxylation is 2. The molecule has 0 fully saturated rings. The Bertz CT molecular complexity index is 472. The Hall–Kier alpha value is -1.54. The Morgan fingerprint density at radius 1 is 1.24 bits per heavy atom. The standard InChI is InChI=1S/C15H20N2/c1-11-6-7-15(12(2)9-11)13(3)17-10-14-5-4-8-16-14/h4-9,13,16-17H,10H2,1-3H3. The van der Waals surface area contributed by atoms with Gasteiger partial charge in [0.1, 0.15) is 0 Å². The van der Waals surface area contributed by atoms with Crippen molar-refractivity contribution in [2.45, 2.75) is 33.4 Å². The van der Waals surface area contributed by atoms with E-state index in [9.17, 15) is 0 Å². The van der Waals surface area contributed by atoms with Crippen LogP contribution in [0.4, 0.5) is 0 Å². The number of benzene rings is 1. The third-order valence-electron chi connectivity index (χ3n) is 3.15. The molecule has 0 bridgehead atoms. The normalized spacial score (nSPS) is 12.6. The Kier molecular flexibility index (Phi) is 3.64. The van der Waals surface area contributed by atoms with Gasteiger partial charge >= 0.3 is 0 Å². The summed E-state index contributed by atoms with van der Waals surface area (Å²) in [5.74, 6) is 0. The lowest BCUT2D eigenvalue weighted by Gasteiger charge is -2.16. The van der Waals surface area contributed by atoms with E-state index in [1.165, 1.54) is 22.4 Å². The number of hydrogen-bond acceptors (Lipinski definition) is 1. The number of nitrogens with one attached hydrogen (secondary N) is 2. The number of aromatic amines is 1. The van der Waals surface area contributed by atoms with Gasteiger partial charge in [0, 0.05) is 24.5 Å². The van der Waals surface area contributed by atoms with Crippen molar-refractivity contribution in [2.75, 3.05) is 0 Å². The van der Waals surface area contributed by atoms with Crippen LogP contribution in [0.25, 0.3) is 0 Å². The van der Waals surface area contributed by atoms with Crippen molar-refractivity contribution in [1.29, 1.82) is 0 Å². The lowest BCUT2D eigenvalue weighted by atomic mass is 10.0. The molecule has 0 radical (unpaired) electrons. The molecule has 17 heavy (non-hydrogen) atoms. The summed E-state index contributed by atoms with van der Waals surface area (Å²) in [6.45, 7) is 7.39. The fourth-order valence-electron chi connectivity index (χ4n) is 2.16. The number of aromatic nitrogens is 1. The summed E-state index contributed by atoms with van der Waals surface area (Å²) in [5.41, 5.74) is 5.28. The first kappa shape index (κ1) is 11.9. The van der Waals surface area contributed by atoms with E-state index in [1.807, 2.05) is 12.3 Å². The minimum absolute atomic E-state index is 0.374. The molecule has 0 saturated heterocycles. The van der Waals surface area contributed by atoms with E-state index in [2.05, 4.69) is 55.3 Å². The molecule has 0 amide bonds. The van der Waals surface area contributed by atoms with Gasteiger partial charge in [0.25, 0.3) is 0 Å². The van der Waals surface area contributed by atoms with Gasteiger partial charge in [0.05, 0.1) is 0 Å². The second kappa shape index (κ2) is 5.19. The largest absolute Gasteiger partial charge is 0.364 e. The fourth-order valence-corrected chi connectivity index (χ4v) is 2.16. The molecule has 2 rings (SSSR count). The molecule has 0 saturated carbocycles. The van der Waals surface area contributed by atoms with E-state index in [0.717, 1.165) is 6.54 Å². The van der Waals surface area contributed by atoms with E-state index < -0.39 is 0 Å². The zero-order valence-corrected chi connectivity index (χ0v) is 10.7. The summed E-state index contributed by atoms with van der Waals surface area (Å²) in [7, 11) is 0. The maximum Gasteiger partial charge on any atom is 0.0362 e. The number of rotatable bonds is 4. The molecule has 0 aliphatic rings. The van der Waals surface area contributed by atoms with Crippen LogP contribution in [0.5, 0.6) is 0 Å². The average Bonchev–Trinajstić information content (AvgIpc) is 2.78. The molecule has 2 heteroatoms. The van der Waals surface area contributed by atoms with E-state index >= 15 is 0 Å². The van der Waals surface area contributed by atoms with Gasteiger partial charge in [-0.05, 0) is 44.0 Å². The van der Waals surface area contributed by atoms with E-state index in [0.29, 0.717) is 6.04 Å². The molecular weight excluding hydrogens is 208 g/mol. The van der Waals surface area contributed by atoms with Gasteiger partial charge in [-0.3, -0.25) is 0 Å². The molecule has 90 valence electrons. The van der Waals surface area contributed by atoms with Crippen molar-refractivity contribution in [3.05, 3.63) is 58.9 Å². The van der Waals surface area contributed by atoms with Crippen LogP contribution < -0.4 is 5.32 Å². The maximum atomic E-state index is 3.53. The SMILES string of the molecule is Cc1ccc(C(C)NCc2ccc[nH]2)c(C)c1. The zero-order valence-electron chi connectivity index (χ0n) is 10.7. The second-order valence-corrected chi connectivity index (χ2v) is 4.66. The Balaban J connectivity index is 2.01. The highest BCUT2D eigenvalue weighted by Gasteiger charge is 2.07. The first-order chi connectivity index (χ1) is 8.16. The molecule has 0 aliphatic heterocycles. The van der Waals surface area contributed by atoms with Crippen molar-refractivity contribution in [3.63, 3.8) is 0 Å². The summed E-state index contributed by atoms with van der Waals surface area (Å²) >= 11 is 0. The molecule has 0 aliphatic carbocycles. The van der Waals surface area contributed by atoms with E-state index in [4.69, 9.17) is 0 Å². The first-order valence-electron chi connectivity index (χ1n) is 6.09. The first-order valence-corrected chi connectivity index (χ1v) is 6.09. The van der Waals surface area contributed by atoms with Gasteiger partial charge in [-0.2, -0.15) is 0 Å². The molecule has 1 atom stereocenters. The van der Waals surface area contributed by atoms with E-state index in [1.54, 1.807) is 0 Å². The second-order valence-electron chi connectivity index (χ2n) is 4.66. The smallest absolute Gasteiger partial charge is 0.0362 e. The topological polar surface area (TPSA) is 27.8 Å². The lowest BCUT2D eigenvalue weighted by molar-refractivity contribution is 0.566. The highest BCUT2D eigenvalue weighted by Crippen LogP contribution is 2.18. The van der Waals surface area contributed by atoms with Crippen molar-refractivity contribution < 1.29 is 0 Å². The predicted octanol–water partition coefficient (Wildman–Crippen LogP) is 3.48. The molecule has 1 unspecified atom stereocenters. The third-order valence-corrected chi connectivity index (χ3v) is 3.15. The summed E-state index contributed by atoms with van der Waals surface area (Å²) in [5, 5.41) is 3.53. The monoisotopic (exact) mass is 228 g/mol. The minimum Gasteiger partial charge on any atom is -0.364 e. The van der Waals surface area contributed by atoms with Crippen LogP contribution in [0, 0.1) is 13.8 Å². The van der Waals surface area contributed by atoms with Crippen LogP contribution in [-0.2, 0) is 6.54 Å². The summed E-state index contributed by atoms with van der Waals surface area (Å²) in [6.07, 6.45) is 1.96. The Morgan fingerprint density at radius 2 is 2.06 bits per heavy atom. The van der Waals surface area contributed by atoms with Crippen molar-refractivity contribution in [2.24, 2.45) is 0 Å². The Labute approximate surface area is 103 Å². The van der Waals surface area contributed by atoms with Gasteiger partial charge in [-0.25, -0.2) is 0 Å². The molecule has 0 spiro atoms. The highest BCUT2D eigenvalue weighted by molar-refractivity contribution is 5.32. The van der Waals surface area contributed by atoms with Gasteiger partial charge in [-0.15, -0.1) is 0 Å². The van der Waals surface area contributed by atoms with Gasteiger partial charge in [0.15, 0.2) is 0 Å². The third kappa shape index (κ3) is 2.98. The molecule has 2 aromatic rings. The van der Waals surface area contributed by atoms with Crippen molar-refractivity contribution >= 4 is 0 Å².